The van der Waals surface area contributed by atoms with Gasteiger partial charge in [0.15, 0.2) is 0 Å². The summed E-state index contributed by atoms with van der Waals surface area (Å²) in [5.74, 6) is 0.744. The lowest BCUT2D eigenvalue weighted by molar-refractivity contribution is -0.117. The maximum atomic E-state index is 6.41. The number of morpholine rings is 1. The van der Waals surface area contributed by atoms with Crippen molar-refractivity contribution in [2.45, 2.75) is 82.8 Å². The van der Waals surface area contributed by atoms with Crippen molar-refractivity contribution in [2.24, 2.45) is 5.92 Å². The molecule has 25 heavy (non-hydrogen) atoms. The van der Waals surface area contributed by atoms with Crippen LogP contribution in [-0.2, 0) is 16.6 Å². The molecule has 2 saturated carbocycles. The van der Waals surface area contributed by atoms with Gasteiger partial charge in [0.05, 0.1) is 11.2 Å². The highest BCUT2D eigenvalue weighted by atomic mass is 16.5. The van der Waals surface area contributed by atoms with Crippen molar-refractivity contribution in [3.05, 3.63) is 35.4 Å². The van der Waals surface area contributed by atoms with Crippen molar-refractivity contribution in [2.75, 3.05) is 19.6 Å². The van der Waals surface area contributed by atoms with Gasteiger partial charge in [0.25, 0.3) is 0 Å². The fourth-order valence-corrected chi connectivity index (χ4v) is 4.40. The highest BCUT2D eigenvalue weighted by Gasteiger charge is 2.59. The SMILES string of the molecule is CC(CCN1CC2(CC2)OC2(CC2)C1)Cc1ccc(C(C)(C)C)cc1. The molecule has 2 heteroatoms. The fraction of sp³-hybridized carbons (Fsp3) is 0.739. The molecule has 0 amide bonds. The smallest absolute Gasteiger partial charge is 0.0819 e. The zero-order chi connectivity index (χ0) is 17.7. The summed E-state index contributed by atoms with van der Waals surface area (Å²) in [6.07, 6.45) is 7.67. The van der Waals surface area contributed by atoms with Crippen molar-refractivity contribution in [3.8, 4) is 0 Å². The van der Waals surface area contributed by atoms with E-state index in [4.69, 9.17) is 4.74 Å². The highest BCUT2D eigenvalue weighted by molar-refractivity contribution is 5.27. The molecule has 0 bridgehead atoms. The first-order chi connectivity index (χ1) is 11.8. The minimum absolute atomic E-state index is 0.248. The molecule has 3 fully saturated rings. The fourth-order valence-electron chi connectivity index (χ4n) is 4.40. The molecule has 1 aromatic carbocycles. The van der Waals surface area contributed by atoms with E-state index in [9.17, 15) is 0 Å². The lowest BCUT2D eigenvalue weighted by Crippen LogP contribution is -2.50. The van der Waals surface area contributed by atoms with Crippen molar-refractivity contribution < 1.29 is 4.74 Å². The number of nitrogens with zero attached hydrogens (tertiary/aromatic N) is 1. The molecule has 4 rings (SSSR count). The van der Waals surface area contributed by atoms with E-state index >= 15 is 0 Å². The lowest BCUT2D eigenvalue weighted by Gasteiger charge is -2.39. The van der Waals surface area contributed by atoms with Crippen LogP contribution >= 0.6 is 0 Å². The summed E-state index contributed by atoms with van der Waals surface area (Å²) >= 11 is 0. The Balaban J connectivity index is 1.27. The molecule has 1 atom stereocenters. The second kappa shape index (κ2) is 6.09. The Morgan fingerprint density at radius 2 is 1.56 bits per heavy atom. The molecule has 1 aliphatic heterocycles. The Morgan fingerprint density at radius 3 is 2.04 bits per heavy atom. The van der Waals surface area contributed by atoms with Crippen LogP contribution in [0.5, 0.6) is 0 Å². The Labute approximate surface area is 153 Å². The number of hydrogen-bond acceptors (Lipinski definition) is 2. The first kappa shape index (κ1) is 17.5. The third-order valence-corrected chi connectivity index (χ3v) is 6.41. The maximum absolute atomic E-state index is 6.41. The topological polar surface area (TPSA) is 12.5 Å². The predicted octanol–water partition coefficient (Wildman–Crippen LogP) is 4.95. The van der Waals surface area contributed by atoms with Crippen molar-refractivity contribution >= 4 is 0 Å². The molecule has 138 valence electrons. The number of benzene rings is 1. The van der Waals surface area contributed by atoms with Gasteiger partial charge in [-0.2, -0.15) is 0 Å². The summed E-state index contributed by atoms with van der Waals surface area (Å²) in [6.45, 7) is 12.9. The molecule has 2 spiro atoms. The van der Waals surface area contributed by atoms with Gasteiger partial charge in [0.2, 0.25) is 0 Å². The standard InChI is InChI=1S/C23H35NO/c1-18(15-19-5-7-20(8-6-19)21(2,3)4)9-14-24-16-22(10-11-22)25-23(17-24)12-13-23/h5-8,18H,9-17H2,1-4H3. The van der Waals surface area contributed by atoms with Gasteiger partial charge in [-0.3, -0.25) is 4.90 Å². The quantitative estimate of drug-likeness (QED) is 0.751. The van der Waals surface area contributed by atoms with E-state index in [1.165, 1.54) is 69.3 Å². The Kier molecular flexibility index (Phi) is 4.28. The minimum Gasteiger partial charge on any atom is -0.366 e. The summed E-state index contributed by atoms with van der Waals surface area (Å²) in [5, 5.41) is 0. The average Bonchev–Trinajstić information content (AvgIpc) is 3.46. The van der Waals surface area contributed by atoms with Crippen LogP contribution < -0.4 is 0 Å². The van der Waals surface area contributed by atoms with Crippen LogP contribution in [0.3, 0.4) is 0 Å². The molecular weight excluding hydrogens is 306 g/mol. The van der Waals surface area contributed by atoms with Gasteiger partial charge in [-0.15, -0.1) is 0 Å². The summed E-state index contributed by atoms with van der Waals surface area (Å²) in [7, 11) is 0. The molecule has 2 aliphatic carbocycles. The molecule has 0 aromatic heterocycles. The van der Waals surface area contributed by atoms with Crippen LogP contribution in [0.2, 0.25) is 0 Å². The monoisotopic (exact) mass is 341 g/mol. The Morgan fingerprint density at radius 1 is 1.00 bits per heavy atom. The maximum Gasteiger partial charge on any atom is 0.0819 e. The van der Waals surface area contributed by atoms with E-state index in [1.54, 1.807) is 0 Å². The van der Waals surface area contributed by atoms with E-state index in [0.29, 0.717) is 0 Å². The van der Waals surface area contributed by atoms with Crippen LogP contribution in [0, 0.1) is 5.92 Å². The minimum atomic E-state index is 0.248. The molecule has 1 unspecified atom stereocenters. The van der Waals surface area contributed by atoms with Crippen molar-refractivity contribution in [1.82, 2.24) is 4.90 Å². The van der Waals surface area contributed by atoms with E-state index < -0.39 is 0 Å². The normalized spacial score (nSPS) is 25.3. The van der Waals surface area contributed by atoms with E-state index in [0.717, 1.165) is 5.92 Å². The Bertz CT molecular complexity index is 584. The molecule has 0 radical (unpaired) electrons. The van der Waals surface area contributed by atoms with Gasteiger partial charge in [0, 0.05) is 13.1 Å². The van der Waals surface area contributed by atoms with Gasteiger partial charge < -0.3 is 4.74 Å². The first-order valence-corrected chi connectivity index (χ1v) is 10.3. The second-order valence-electron chi connectivity index (χ2n) is 10.2. The third kappa shape index (κ3) is 4.11. The molecule has 1 saturated heterocycles. The van der Waals surface area contributed by atoms with Crippen LogP contribution in [0.1, 0.15) is 70.9 Å². The van der Waals surface area contributed by atoms with Crippen LogP contribution in [0.25, 0.3) is 0 Å². The number of hydrogen-bond donors (Lipinski definition) is 0. The van der Waals surface area contributed by atoms with Gasteiger partial charge >= 0.3 is 0 Å². The molecular formula is C23H35NO. The zero-order valence-electron chi connectivity index (χ0n) is 16.6. The summed E-state index contributed by atoms with van der Waals surface area (Å²) < 4.78 is 6.41. The lowest BCUT2D eigenvalue weighted by atomic mass is 9.86. The average molecular weight is 342 g/mol. The first-order valence-electron chi connectivity index (χ1n) is 10.3. The Hall–Kier alpha value is -0.860. The van der Waals surface area contributed by atoms with Crippen LogP contribution in [0.4, 0.5) is 0 Å². The zero-order valence-corrected chi connectivity index (χ0v) is 16.6. The predicted molar refractivity (Wildman–Crippen MR) is 104 cm³/mol. The van der Waals surface area contributed by atoms with Gasteiger partial charge in [0.1, 0.15) is 0 Å². The van der Waals surface area contributed by atoms with Crippen molar-refractivity contribution in [3.63, 3.8) is 0 Å². The summed E-state index contributed by atoms with van der Waals surface area (Å²) in [4.78, 5) is 2.71. The summed E-state index contributed by atoms with van der Waals surface area (Å²) in [5.41, 5.74) is 3.70. The van der Waals surface area contributed by atoms with E-state index in [2.05, 4.69) is 56.9 Å². The van der Waals surface area contributed by atoms with Gasteiger partial charge in [-0.1, -0.05) is 52.0 Å². The van der Waals surface area contributed by atoms with Crippen molar-refractivity contribution in [1.29, 1.82) is 0 Å². The highest BCUT2D eigenvalue weighted by Crippen LogP contribution is 2.54. The molecule has 1 heterocycles. The number of ether oxygens (including phenoxy) is 1. The van der Waals surface area contributed by atoms with Gasteiger partial charge in [-0.25, -0.2) is 0 Å². The second-order valence-corrected chi connectivity index (χ2v) is 10.2. The molecule has 1 aromatic rings. The molecule has 2 nitrogen and oxygen atoms in total. The summed E-state index contributed by atoms with van der Waals surface area (Å²) in [6, 6.07) is 9.31. The number of rotatable bonds is 5. The van der Waals surface area contributed by atoms with Crippen LogP contribution in [0.15, 0.2) is 24.3 Å². The van der Waals surface area contributed by atoms with E-state index in [-0.39, 0.29) is 16.6 Å². The third-order valence-electron chi connectivity index (χ3n) is 6.41. The largest absolute Gasteiger partial charge is 0.366 e. The molecule has 0 N–H and O–H groups in total. The van der Waals surface area contributed by atoms with Crippen LogP contribution in [-0.4, -0.2) is 35.7 Å². The van der Waals surface area contributed by atoms with E-state index in [1.807, 2.05) is 0 Å². The van der Waals surface area contributed by atoms with Gasteiger partial charge in [-0.05, 0) is 67.5 Å². The molecule has 3 aliphatic rings.